The maximum atomic E-state index is 5.49. The molecule has 0 amide bonds. The Hall–Kier alpha value is -1.57. The van der Waals surface area contributed by atoms with E-state index in [2.05, 4.69) is 4.99 Å². The fourth-order valence-corrected chi connectivity index (χ4v) is 1.10. The molecule has 74 valence electrons. The van der Waals surface area contributed by atoms with Crippen LogP contribution in [0, 0.1) is 0 Å². The van der Waals surface area contributed by atoms with Gasteiger partial charge in [0.2, 0.25) is 0 Å². The van der Waals surface area contributed by atoms with Crippen molar-refractivity contribution in [3.05, 3.63) is 41.8 Å². The summed E-state index contributed by atoms with van der Waals surface area (Å²) in [4.78, 5) is 4.08. The Morgan fingerprint density at radius 2 is 1.86 bits per heavy atom. The van der Waals surface area contributed by atoms with Gasteiger partial charge < -0.3 is 4.74 Å². The molecule has 0 spiro atoms. The second-order valence-corrected chi connectivity index (χ2v) is 2.66. The summed E-state index contributed by atoms with van der Waals surface area (Å²) in [7, 11) is 0. The number of nitrogens with zero attached hydrogens (tertiary/aromatic N) is 1. The molecule has 1 aliphatic rings. The molecule has 2 nitrogen and oxygen atoms in total. The number of hydrogen-bond donors (Lipinski definition) is 0. The molecule has 1 aromatic rings. The number of allylic oxidation sites excluding steroid dienone is 1. The summed E-state index contributed by atoms with van der Waals surface area (Å²) in [6.07, 6.45) is 3.51. The van der Waals surface area contributed by atoms with E-state index in [1.807, 2.05) is 45.0 Å². The molecule has 0 unspecified atom stereocenters. The lowest BCUT2D eigenvalue weighted by Crippen LogP contribution is -1.91. The second-order valence-electron chi connectivity index (χ2n) is 2.66. The predicted octanol–water partition coefficient (Wildman–Crippen LogP) is 3.39. The summed E-state index contributed by atoms with van der Waals surface area (Å²) in [5.41, 5.74) is 1.02. The van der Waals surface area contributed by atoms with E-state index in [1.54, 1.807) is 12.4 Å². The van der Waals surface area contributed by atoms with E-state index in [9.17, 15) is 0 Å². The van der Waals surface area contributed by atoms with Gasteiger partial charge in [0.25, 0.3) is 0 Å². The molecule has 2 heteroatoms. The minimum absolute atomic E-state index is 0.816. The van der Waals surface area contributed by atoms with Crippen molar-refractivity contribution in [2.75, 3.05) is 0 Å². The predicted molar refractivity (Wildman–Crippen MR) is 59.8 cm³/mol. The summed E-state index contributed by atoms with van der Waals surface area (Å²) in [5, 5.41) is 0. The number of fused-ring (bicyclic) bond motifs is 1. The van der Waals surface area contributed by atoms with Crippen molar-refractivity contribution in [1.29, 1.82) is 0 Å². The number of aliphatic imine (C=N–C) groups is 1. The lowest BCUT2D eigenvalue weighted by Gasteiger charge is -2.04. The van der Waals surface area contributed by atoms with Crippen molar-refractivity contribution < 1.29 is 4.74 Å². The van der Waals surface area contributed by atoms with Crippen LogP contribution in [0.25, 0.3) is 0 Å². The van der Waals surface area contributed by atoms with Gasteiger partial charge in [-0.3, -0.25) is 4.99 Å². The Balaban J connectivity index is 0.000000461. The van der Waals surface area contributed by atoms with Crippen LogP contribution >= 0.6 is 0 Å². The molecule has 14 heavy (non-hydrogen) atoms. The molecule has 1 heterocycles. The molecular weight excluding hydrogens is 174 g/mol. The first-order valence-electron chi connectivity index (χ1n) is 4.83. The van der Waals surface area contributed by atoms with Crippen LogP contribution in [0.15, 0.2) is 41.2 Å². The quantitative estimate of drug-likeness (QED) is 0.613. The van der Waals surface area contributed by atoms with Crippen LogP contribution in [0.2, 0.25) is 0 Å². The van der Waals surface area contributed by atoms with Crippen LogP contribution in [0.4, 0.5) is 0 Å². The molecule has 0 saturated heterocycles. The first-order valence-corrected chi connectivity index (χ1v) is 4.83. The van der Waals surface area contributed by atoms with Gasteiger partial charge in [0.1, 0.15) is 11.5 Å². The third kappa shape index (κ3) is 2.46. The van der Waals surface area contributed by atoms with Crippen molar-refractivity contribution in [2.24, 2.45) is 4.99 Å². The van der Waals surface area contributed by atoms with Gasteiger partial charge >= 0.3 is 0 Å². The molecule has 2 rings (SSSR count). The van der Waals surface area contributed by atoms with E-state index in [4.69, 9.17) is 4.74 Å². The highest BCUT2D eigenvalue weighted by atomic mass is 16.5. The van der Waals surface area contributed by atoms with Gasteiger partial charge in [-0.15, -0.1) is 0 Å². The highest BCUT2D eigenvalue weighted by Gasteiger charge is 2.03. The Labute approximate surface area is 84.9 Å². The molecule has 0 fully saturated rings. The molecule has 0 aromatic heterocycles. The molecule has 0 aliphatic carbocycles. The lowest BCUT2D eigenvalue weighted by molar-refractivity contribution is 0.427. The van der Waals surface area contributed by atoms with Gasteiger partial charge in [-0.05, 0) is 19.1 Å². The van der Waals surface area contributed by atoms with Gasteiger partial charge in [-0.1, -0.05) is 26.0 Å². The number of rotatable bonds is 0. The first kappa shape index (κ1) is 10.5. The second kappa shape index (κ2) is 5.22. The monoisotopic (exact) mass is 189 g/mol. The Kier molecular flexibility index (Phi) is 3.92. The molecule has 0 N–H and O–H groups in total. The summed E-state index contributed by atoms with van der Waals surface area (Å²) < 4.78 is 5.49. The average Bonchev–Trinajstić information content (AvgIpc) is 2.41. The molecule has 1 aromatic carbocycles. The SMILES string of the molecule is CC.CC1=CN=Cc2ccccc2O1. The van der Waals surface area contributed by atoms with Crippen molar-refractivity contribution >= 4 is 6.21 Å². The van der Waals surface area contributed by atoms with E-state index < -0.39 is 0 Å². The molecule has 0 saturated carbocycles. The maximum Gasteiger partial charge on any atom is 0.135 e. The smallest absolute Gasteiger partial charge is 0.135 e. The molecule has 0 bridgehead atoms. The standard InChI is InChI=1S/C10H9NO.C2H6/c1-8-6-11-7-9-4-2-3-5-10(9)12-8;1-2/h2-7H,1H3;1-2H3. The van der Waals surface area contributed by atoms with Gasteiger partial charge in [-0.2, -0.15) is 0 Å². The van der Waals surface area contributed by atoms with Crippen molar-refractivity contribution in [3.8, 4) is 5.75 Å². The van der Waals surface area contributed by atoms with E-state index in [1.165, 1.54) is 0 Å². The molecular formula is C12H15NO. The molecule has 0 radical (unpaired) electrons. The summed E-state index contributed by atoms with van der Waals surface area (Å²) in [5.74, 6) is 1.68. The summed E-state index contributed by atoms with van der Waals surface area (Å²) in [6, 6.07) is 7.83. The zero-order valence-electron chi connectivity index (χ0n) is 8.82. The van der Waals surface area contributed by atoms with Crippen molar-refractivity contribution in [2.45, 2.75) is 20.8 Å². The summed E-state index contributed by atoms with van der Waals surface area (Å²) in [6.45, 7) is 5.89. The van der Waals surface area contributed by atoms with Gasteiger partial charge in [0.15, 0.2) is 0 Å². The minimum atomic E-state index is 0.816. The first-order chi connectivity index (χ1) is 6.86. The Morgan fingerprint density at radius 3 is 2.64 bits per heavy atom. The largest absolute Gasteiger partial charge is 0.460 e. The van der Waals surface area contributed by atoms with E-state index in [0.717, 1.165) is 17.1 Å². The van der Waals surface area contributed by atoms with Crippen LogP contribution in [0.5, 0.6) is 5.75 Å². The third-order valence-corrected chi connectivity index (χ3v) is 1.66. The van der Waals surface area contributed by atoms with Crippen LogP contribution in [0.1, 0.15) is 26.3 Å². The Morgan fingerprint density at radius 1 is 1.14 bits per heavy atom. The Bertz CT molecular complexity index is 353. The summed E-state index contributed by atoms with van der Waals surface area (Å²) >= 11 is 0. The average molecular weight is 189 g/mol. The van der Waals surface area contributed by atoms with Crippen molar-refractivity contribution in [3.63, 3.8) is 0 Å². The topological polar surface area (TPSA) is 21.6 Å². The number of hydrogen-bond acceptors (Lipinski definition) is 2. The lowest BCUT2D eigenvalue weighted by atomic mass is 10.2. The minimum Gasteiger partial charge on any atom is -0.460 e. The number of para-hydroxylation sites is 1. The number of ether oxygens (including phenoxy) is 1. The third-order valence-electron chi connectivity index (χ3n) is 1.66. The molecule has 0 atom stereocenters. The van der Waals surface area contributed by atoms with Crippen LogP contribution in [-0.4, -0.2) is 6.21 Å². The van der Waals surface area contributed by atoms with Crippen molar-refractivity contribution in [1.82, 2.24) is 0 Å². The zero-order valence-corrected chi connectivity index (χ0v) is 8.82. The molecule has 1 aliphatic heterocycles. The highest BCUT2D eigenvalue weighted by Crippen LogP contribution is 2.20. The van der Waals surface area contributed by atoms with E-state index in [-0.39, 0.29) is 0 Å². The maximum absolute atomic E-state index is 5.49. The van der Waals surface area contributed by atoms with E-state index in [0.29, 0.717) is 0 Å². The van der Waals surface area contributed by atoms with Crippen LogP contribution in [-0.2, 0) is 0 Å². The number of benzene rings is 1. The van der Waals surface area contributed by atoms with Gasteiger partial charge in [0.05, 0.1) is 6.20 Å². The van der Waals surface area contributed by atoms with Gasteiger partial charge in [0, 0.05) is 11.8 Å². The van der Waals surface area contributed by atoms with Gasteiger partial charge in [-0.25, -0.2) is 0 Å². The van der Waals surface area contributed by atoms with Crippen LogP contribution in [0.3, 0.4) is 0 Å². The highest BCUT2D eigenvalue weighted by molar-refractivity contribution is 5.84. The normalized spacial score (nSPS) is 12.6. The van der Waals surface area contributed by atoms with Crippen LogP contribution < -0.4 is 4.74 Å². The fourth-order valence-electron chi connectivity index (χ4n) is 1.10. The van der Waals surface area contributed by atoms with E-state index >= 15 is 0 Å². The zero-order chi connectivity index (χ0) is 10.4. The fraction of sp³-hybridized carbons (Fsp3) is 0.250.